The van der Waals surface area contributed by atoms with Crippen molar-refractivity contribution in [3.63, 3.8) is 0 Å². The second-order valence-corrected chi connectivity index (χ2v) is 2.97. The zero-order valence-corrected chi connectivity index (χ0v) is 7.53. The zero-order valence-electron chi connectivity index (χ0n) is 7.53. The number of fused-ring (bicyclic) bond motifs is 1. The predicted molar refractivity (Wildman–Crippen MR) is 53.9 cm³/mol. The van der Waals surface area contributed by atoms with Gasteiger partial charge in [0.05, 0.1) is 5.52 Å². The summed E-state index contributed by atoms with van der Waals surface area (Å²) in [7, 11) is 0. The van der Waals surface area contributed by atoms with Crippen LogP contribution in [0.1, 0.15) is 6.92 Å². The van der Waals surface area contributed by atoms with Crippen LogP contribution in [0.5, 0.6) is 0 Å². The van der Waals surface area contributed by atoms with Crippen LogP contribution in [0.3, 0.4) is 0 Å². The summed E-state index contributed by atoms with van der Waals surface area (Å²) in [5, 5.41) is 1.11. The molecule has 0 N–H and O–H groups in total. The lowest BCUT2D eigenvalue weighted by atomic mass is 10.2. The number of nitrogens with zero attached hydrogens (tertiary/aromatic N) is 1. The van der Waals surface area contributed by atoms with Crippen LogP contribution in [0, 0.1) is 0 Å². The third-order valence-corrected chi connectivity index (χ3v) is 2.22. The van der Waals surface area contributed by atoms with Crippen LogP contribution in [0.2, 0.25) is 0 Å². The first kappa shape index (κ1) is 8.05. The Morgan fingerprint density at radius 1 is 1.15 bits per heavy atom. The standard InChI is InChI=1S/C11H11NO/c1-2-12-10-6-4-3-5-9(10)7-8-11(12)13/h3-8H,2H2,1H3. The molecule has 1 heterocycles. The lowest BCUT2D eigenvalue weighted by Crippen LogP contribution is -2.17. The van der Waals surface area contributed by atoms with Gasteiger partial charge < -0.3 is 4.57 Å². The molecular formula is C11H11NO. The third kappa shape index (κ3) is 1.24. The van der Waals surface area contributed by atoms with Gasteiger partial charge in [-0.05, 0) is 24.4 Å². The van der Waals surface area contributed by atoms with Crippen LogP contribution in [-0.4, -0.2) is 4.57 Å². The van der Waals surface area contributed by atoms with Crippen molar-refractivity contribution in [2.45, 2.75) is 13.5 Å². The summed E-state index contributed by atoms with van der Waals surface area (Å²) >= 11 is 0. The first-order valence-electron chi connectivity index (χ1n) is 4.41. The van der Waals surface area contributed by atoms with E-state index < -0.39 is 0 Å². The molecule has 0 radical (unpaired) electrons. The van der Waals surface area contributed by atoms with Gasteiger partial charge in [-0.2, -0.15) is 0 Å². The molecule has 2 heteroatoms. The maximum absolute atomic E-state index is 11.4. The molecule has 0 amide bonds. The van der Waals surface area contributed by atoms with E-state index in [1.165, 1.54) is 0 Å². The molecule has 0 aliphatic carbocycles. The Morgan fingerprint density at radius 2 is 1.92 bits per heavy atom. The van der Waals surface area contributed by atoms with E-state index in [0.717, 1.165) is 17.4 Å². The smallest absolute Gasteiger partial charge is 0.250 e. The first-order valence-corrected chi connectivity index (χ1v) is 4.41. The van der Waals surface area contributed by atoms with Crippen molar-refractivity contribution in [1.29, 1.82) is 0 Å². The van der Waals surface area contributed by atoms with E-state index in [9.17, 15) is 4.79 Å². The van der Waals surface area contributed by atoms with Crippen molar-refractivity contribution < 1.29 is 0 Å². The highest BCUT2D eigenvalue weighted by Gasteiger charge is 1.98. The van der Waals surface area contributed by atoms with Gasteiger partial charge in [-0.3, -0.25) is 4.79 Å². The van der Waals surface area contributed by atoms with Crippen molar-refractivity contribution in [1.82, 2.24) is 4.57 Å². The molecule has 1 aromatic heterocycles. The minimum atomic E-state index is 0.0706. The summed E-state index contributed by atoms with van der Waals surface area (Å²) < 4.78 is 1.77. The minimum Gasteiger partial charge on any atom is -0.309 e. The molecule has 2 rings (SSSR count). The highest BCUT2D eigenvalue weighted by Crippen LogP contribution is 2.10. The van der Waals surface area contributed by atoms with Crippen molar-refractivity contribution in [3.05, 3.63) is 46.8 Å². The molecule has 0 saturated heterocycles. The van der Waals surface area contributed by atoms with E-state index in [4.69, 9.17) is 0 Å². The molecule has 13 heavy (non-hydrogen) atoms. The molecule has 0 saturated carbocycles. The van der Waals surface area contributed by atoms with Crippen LogP contribution in [0.25, 0.3) is 10.9 Å². The number of rotatable bonds is 1. The SMILES string of the molecule is CCn1c(=O)ccc2ccccc21. The molecule has 0 atom stereocenters. The topological polar surface area (TPSA) is 22.0 Å². The Bertz CT molecular complexity index is 485. The van der Waals surface area contributed by atoms with E-state index in [-0.39, 0.29) is 5.56 Å². The van der Waals surface area contributed by atoms with Crippen molar-refractivity contribution >= 4 is 10.9 Å². The number of aromatic nitrogens is 1. The lowest BCUT2D eigenvalue weighted by molar-refractivity contribution is 0.760. The average Bonchev–Trinajstić information content (AvgIpc) is 2.18. The predicted octanol–water partition coefficient (Wildman–Crippen LogP) is 2.02. The highest BCUT2D eigenvalue weighted by molar-refractivity contribution is 5.78. The van der Waals surface area contributed by atoms with Gasteiger partial charge in [-0.15, -0.1) is 0 Å². The third-order valence-electron chi connectivity index (χ3n) is 2.22. The van der Waals surface area contributed by atoms with E-state index in [1.807, 2.05) is 37.3 Å². The molecule has 2 nitrogen and oxygen atoms in total. The van der Waals surface area contributed by atoms with Gasteiger partial charge in [0.25, 0.3) is 5.56 Å². The Hall–Kier alpha value is -1.57. The van der Waals surface area contributed by atoms with Crippen LogP contribution in [-0.2, 0) is 6.54 Å². The summed E-state index contributed by atoms with van der Waals surface area (Å²) in [6.07, 6.45) is 0. The highest BCUT2D eigenvalue weighted by atomic mass is 16.1. The molecule has 0 fully saturated rings. The molecule has 66 valence electrons. The Morgan fingerprint density at radius 3 is 2.69 bits per heavy atom. The molecule has 0 spiro atoms. The lowest BCUT2D eigenvalue weighted by Gasteiger charge is -2.05. The Kier molecular flexibility index (Phi) is 1.89. The number of para-hydroxylation sites is 1. The largest absolute Gasteiger partial charge is 0.309 e. The van der Waals surface area contributed by atoms with E-state index in [1.54, 1.807) is 10.6 Å². The summed E-state index contributed by atoms with van der Waals surface area (Å²) in [6, 6.07) is 11.4. The molecule has 2 aromatic rings. The van der Waals surface area contributed by atoms with Crippen LogP contribution in [0.4, 0.5) is 0 Å². The summed E-state index contributed by atoms with van der Waals surface area (Å²) in [5.41, 5.74) is 1.08. The minimum absolute atomic E-state index is 0.0706. The Labute approximate surface area is 76.4 Å². The van der Waals surface area contributed by atoms with Crippen molar-refractivity contribution in [2.75, 3.05) is 0 Å². The Balaban J connectivity index is 2.92. The fraction of sp³-hybridized carbons (Fsp3) is 0.182. The summed E-state index contributed by atoms with van der Waals surface area (Å²) in [4.78, 5) is 11.4. The number of hydrogen-bond acceptors (Lipinski definition) is 1. The quantitative estimate of drug-likeness (QED) is 0.646. The van der Waals surface area contributed by atoms with Crippen molar-refractivity contribution in [3.8, 4) is 0 Å². The molecule has 0 aliphatic rings. The monoisotopic (exact) mass is 173 g/mol. The van der Waals surface area contributed by atoms with Gasteiger partial charge >= 0.3 is 0 Å². The zero-order chi connectivity index (χ0) is 9.26. The number of benzene rings is 1. The first-order chi connectivity index (χ1) is 6.33. The van der Waals surface area contributed by atoms with Gasteiger partial charge in [0.15, 0.2) is 0 Å². The van der Waals surface area contributed by atoms with Gasteiger partial charge in [0.2, 0.25) is 0 Å². The maximum atomic E-state index is 11.4. The fourth-order valence-corrected chi connectivity index (χ4v) is 1.57. The fourth-order valence-electron chi connectivity index (χ4n) is 1.57. The van der Waals surface area contributed by atoms with E-state index in [0.29, 0.717) is 0 Å². The van der Waals surface area contributed by atoms with Crippen molar-refractivity contribution in [2.24, 2.45) is 0 Å². The molecule has 1 aromatic carbocycles. The van der Waals surface area contributed by atoms with Crippen LogP contribution in [0.15, 0.2) is 41.2 Å². The number of hydrogen-bond donors (Lipinski definition) is 0. The van der Waals surface area contributed by atoms with Gasteiger partial charge in [-0.1, -0.05) is 18.2 Å². The van der Waals surface area contributed by atoms with Crippen LogP contribution < -0.4 is 5.56 Å². The van der Waals surface area contributed by atoms with E-state index in [2.05, 4.69) is 0 Å². The molecular weight excluding hydrogens is 162 g/mol. The second-order valence-electron chi connectivity index (χ2n) is 2.97. The second kappa shape index (κ2) is 3.05. The number of pyridine rings is 1. The van der Waals surface area contributed by atoms with Gasteiger partial charge in [-0.25, -0.2) is 0 Å². The van der Waals surface area contributed by atoms with E-state index >= 15 is 0 Å². The summed E-state index contributed by atoms with van der Waals surface area (Å²) in [6.45, 7) is 2.70. The van der Waals surface area contributed by atoms with Crippen LogP contribution >= 0.6 is 0 Å². The molecule has 0 unspecified atom stereocenters. The number of aryl methyl sites for hydroxylation is 1. The average molecular weight is 173 g/mol. The molecule has 0 aliphatic heterocycles. The van der Waals surface area contributed by atoms with Gasteiger partial charge in [0, 0.05) is 12.6 Å². The molecule has 0 bridgehead atoms. The van der Waals surface area contributed by atoms with Gasteiger partial charge in [0.1, 0.15) is 0 Å². The normalized spacial score (nSPS) is 10.5. The summed E-state index contributed by atoms with van der Waals surface area (Å²) in [5.74, 6) is 0. The maximum Gasteiger partial charge on any atom is 0.250 e.